The molecule has 38 heavy (non-hydrogen) atoms. The number of allylic oxidation sites excluding steroid dienone is 1. The first-order valence-electron chi connectivity index (χ1n) is 12.2. The lowest BCUT2D eigenvalue weighted by Crippen LogP contribution is -2.31. The lowest BCUT2D eigenvalue weighted by molar-refractivity contribution is -0.159. The fraction of sp³-hybridized carbons (Fsp3) is 0.346. The number of aromatic nitrogens is 4. The zero-order valence-electron chi connectivity index (χ0n) is 20.8. The summed E-state index contributed by atoms with van der Waals surface area (Å²) in [5.41, 5.74) is 3.47. The summed E-state index contributed by atoms with van der Waals surface area (Å²) in [6.07, 6.45) is 6.43. The van der Waals surface area contributed by atoms with Crippen LogP contribution in [0.15, 0.2) is 40.3 Å². The van der Waals surface area contributed by atoms with E-state index in [1.165, 1.54) is 16.9 Å². The molecule has 1 aromatic carbocycles. The van der Waals surface area contributed by atoms with Crippen LogP contribution >= 0.6 is 22.7 Å². The van der Waals surface area contributed by atoms with Crippen molar-refractivity contribution in [3.63, 3.8) is 0 Å². The smallest absolute Gasteiger partial charge is 0.294 e. The van der Waals surface area contributed by atoms with Gasteiger partial charge in [0.15, 0.2) is 11.5 Å². The predicted molar refractivity (Wildman–Crippen MR) is 142 cm³/mol. The molecule has 0 atom stereocenters. The summed E-state index contributed by atoms with van der Waals surface area (Å²) >= 11 is 2.99. The Hall–Kier alpha value is -3.45. The summed E-state index contributed by atoms with van der Waals surface area (Å²) in [5, 5.41) is 8.85. The summed E-state index contributed by atoms with van der Waals surface area (Å²) in [6.45, 7) is 1.66. The fourth-order valence-electron chi connectivity index (χ4n) is 4.81. The van der Waals surface area contributed by atoms with Crippen LogP contribution < -0.4 is 14.2 Å². The number of thiazole rings is 1. The molecule has 196 valence electrons. The molecule has 12 heteroatoms. The molecular formula is C26H24N4O6S2. The van der Waals surface area contributed by atoms with E-state index in [0.717, 1.165) is 46.0 Å². The van der Waals surface area contributed by atoms with Crippen LogP contribution in [-0.2, 0) is 16.1 Å². The molecule has 0 saturated carbocycles. The predicted octanol–water partition coefficient (Wildman–Crippen LogP) is 5.57. The number of ether oxygens (including phenoxy) is 5. The second kappa shape index (κ2) is 9.38. The summed E-state index contributed by atoms with van der Waals surface area (Å²) in [7, 11) is 3.20. The van der Waals surface area contributed by atoms with Gasteiger partial charge in [-0.25, -0.2) is 9.97 Å². The molecule has 0 N–H and O–H groups in total. The van der Waals surface area contributed by atoms with Crippen molar-refractivity contribution in [1.82, 2.24) is 19.6 Å². The molecule has 2 aliphatic rings. The number of methoxy groups -OCH3 is 2. The van der Waals surface area contributed by atoms with Crippen molar-refractivity contribution in [3.05, 3.63) is 46.6 Å². The van der Waals surface area contributed by atoms with E-state index < -0.39 is 5.79 Å². The Kier molecular flexibility index (Phi) is 5.84. The number of hydrogen-bond acceptors (Lipinski definition) is 11. The average molecular weight is 553 g/mol. The Morgan fingerprint density at radius 2 is 2.03 bits per heavy atom. The van der Waals surface area contributed by atoms with Gasteiger partial charge in [0.2, 0.25) is 4.96 Å². The molecule has 1 aliphatic heterocycles. The number of furan rings is 1. The van der Waals surface area contributed by atoms with E-state index in [-0.39, 0.29) is 0 Å². The maximum atomic E-state index is 6.25. The summed E-state index contributed by atoms with van der Waals surface area (Å²) in [5.74, 6) is 1.47. The van der Waals surface area contributed by atoms with E-state index in [1.807, 2.05) is 23.6 Å². The maximum absolute atomic E-state index is 6.25. The molecule has 0 amide bonds. The lowest BCUT2D eigenvalue weighted by atomic mass is 9.94. The SMILES string of the molecule is COc1cc(OCc2csc(C3=CCC4(CC3)OCCO4)n2)c2cc(-c3cnc4sc(OC)nn34)oc2c1. The van der Waals surface area contributed by atoms with Gasteiger partial charge in [0.1, 0.15) is 34.4 Å². The van der Waals surface area contributed by atoms with Crippen molar-refractivity contribution >= 4 is 44.2 Å². The van der Waals surface area contributed by atoms with Gasteiger partial charge in [-0.2, -0.15) is 4.52 Å². The van der Waals surface area contributed by atoms with Crippen molar-refractivity contribution in [2.45, 2.75) is 31.7 Å². The third-order valence-corrected chi connectivity index (χ3v) is 8.60. The van der Waals surface area contributed by atoms with Gasteiger partial charge in [-0.1, -0.05) is 6.08 Å². The van der Waals surface area contributed by atoms with Crippen molar-refractivity contribution < 1.29 is 28.1 Å². The van der Waals surface area contributed by atoms with Gasteiger partial charge >= 0.3 is 0 Å². The second-order valence-electron chi connectivity index (χ2n) is 9.03. The van der Waals surface area contributed by atoms with Crippen LogP contribution in [0.25, 0.3) is 33.0 Å². The molecule has 1 saturated heterocycles. The minimum atomic E-state index is -0.428. The van der Waals surface area contributed by atoms with E-state index >= 15 is 0 Å². The lowest BCUT2D eigenvalue weighted by Gasteiger charge is -2.30. The molecule has 0 unspecified atom stereocenters. The minimum Gasteiger partial charge on any atom is -0.496 e. The van der Waals surface area contributed by atoms with Crippen molar-refractivity contribution in [1.29, 1.82) is 0 Å². The first kappa shape index (κ1) is 23.7. The minimum absolute atomic E-state index is 0.322. The van der Waals surface area contributed by atoms with Crippen LogP contribution in [0.1, 0.15) is 30.0 Å². The van der Waals surface area contributed by atoms with Crippen LogP contribution in [0, 0.1) is 0 Å². The van der Waals surface area contributed by atoms with E-state index in [4.69, 9.17) is 33.1 Å². The van der Waals surface area contributed by atoms with E-state index in [0.29, 0.717) is 47.9 Å². The first-order chi connectivity index (χ1) is 18.6. The summed E-state index contributed by atoms with van der Waals surface area (Å²) in [4.78, 5) is 9.98. The molecule has 1 fully saturated rings. The van der Waals surface area contributed by atoms with E-state index in [2.05, 4.69) is 16.2 Å². The monoisotopic (exact) mass is 552 g/mol. The topological polar surface area (TPSA) is 102 Å². The van der Waals surface area contributed by atoms with Crippen LogP contribution in [-0.4, -0.2) is 52.8 Å². The number of hydrogen-bond donors (Lipinski definition) is 0. The number of nitrogens with zero attached hydrogens (tertiary/aromatic N) is 4. The van der Waals surface area contributed by atoms with Crippen molar-refractivity contribution in [2.24, 2.45) is 0 Å². The zero-order chi connectivity index (χ0) is 25.7. The van der Waals surface area contributed by atoms with Crippen molar-refractivity contribution in [2.75, 3.05) is 27.4 Å². The van der Waals surface area contributed by atoms with Crippen LogP contribution in [0.2, 0.25) is 0 Å². The molecule has 1 spiro atoms. The average Bonchev–Trinajstić information content (AvgIpc) is 3.76. The highest BCUT2D eigenvalue weighted by Gasteiger charge is 2.38. The Morgan fingerprint density at radius 1 is 1.13 bits per heavy atom. The Labute approximate surface area is 225 Å². The van der Waals surface area contributed by atoms with Gasteiger partial charge < -0.3 is 28.1 Å². The van der Waals surface area contributed by atoms with Crippen LogP contribution in [0.3, 0.4) is 0 Å². The van der Waals surface area contributed by atoms with E-state index in [9.17, 15) is 0 Å². The normalized spacial score (nSPS) is 16.9. The number of benzene rings is 1. The number of rotatable bonds is 7. The largest absolute Gasteiger partial charge is 0.496 e. The molecule has 0 bridgehead atoms. The molecule has 0 radical (unpaired) electrons. The standard InChI is InChI=1S/C26H24N4O6S2/c1-31-17-9-20(18-11-22(36-21(18)10-17)19-12-27-24-30(19)29-25(32-2)38-24)33-13-16-14-37-23(28-16)15-3-5-26(6-4-15)34-7-8-35-26/h3,9-12,14H,4-8,13H2,1-2H3. The maximum Gasteiger partial charge on any atom is 0.294 e. The quantitative estimate of drug-likeness (QED) is 0.256. The third kappa shape index (κ3) is 4.13. The molecule has 4 aromatic heterocycles. The Balaban J connectivity index is 1.13. The van der Waals surface area contributed by atoms with E-state index in [1.54, 1.807) is 36.3 Å². The highest BCUT2D eigenvalue weighted by atomic mass is 32.1. The molecule has 1 aliphatic carbocycles. The van der Waals surface area contributed by atoms with Crippen LogP contribution in [0.4, 0.5) is 0 Å². The summed E-state index contributed by atoms with van der Waals surface area (Å²) < 4.78 is 36.6. The third-order valence-electron chi connectivity index (χ3n) is 6.75. The van der Waals surface area contributed by atoms with Gasteiger partial charge in [-0.3, -0.25) is 0 Å². The van der Waals surface area contributed by atoms with Crippen molar-refractivity contribution in [3.8, 4) is 28.1 Å². The van der Waals surface area contributed by atoms with Gasteiger partial charge in [0.25, 0.3) is 5.19 Å². The van der Waals surface area contributed by atoms with Gasteiger partial charge in [-0.05, 0) is 29.4 Å². The molecular weight excluding hydrogens is 528 g/mol. The molecule has 5 aromatic rings. The van der Waals surface area contributed by atoms with Gasteiger partial charge in [-0.15, -0.1) is 16.4 Å². The fourth-order valence-corrected chi connectivity index (χ4v) is 6.37. The highest BCUT2D eigenvalue weighted by Crippen LogP contribution is 2.40. The second-order valence-corrected chi connectivity index (χ2v) is 10.8. The zero-order valence-corrected chi connectivity index (χ0v) is 22.4. The Morgan fingerprint density at radius 3 is 2.82 bits per heavy atom. The molecule has 10 nitrogen and oxygen atoms in total. The summed E-state index contributed by atoms with van der Waals surface area (Å²) in [6, 6.07) is 5.63. The Bertz CT molecular complexity index is 1660. The number of imidazole rings is 1. The number of fused-ring (bicyclic) bond motifs is 2. The molecule has 5 heterocycles. The first-order valence-corrected chi connectivity index (χ1v) is 13.9. The highest BCUT2D eigenvalue weighted by molar-refractivity contribution is 7.18. The van der Waals surface area contributed by atoms with Crippen LogP contribution in [0.5, 0.6) is 16.7 Å². The van der Waals surface area contributed by atoms with Gasteiger partial charge in [0.05, 0.1) is 44.7 Å². The molecule has 7 rings (SSSR count). The van der Waals surface area contributed by atoms with Gasteiger partial charge in [0, 0.05) is 30.4 Å².